The third-order valence-electron chi connectivity index (χ3n) is 3.93. The highest BCUT2D eigenvalue weighted by Crippen LogP contribution is 2.34. The average molecular weight is 247 g/mol. The van der Waals surface area contributed by atoms with Gasteiger partial charge in [0.25, 0.3) is 0 Å². The van der Waals surface area contributed by atoms with Gasteiger partial charge in [-0.15, -0.1) is 0 Å². The molecule has 0 bridgehead atoms. The van der Waals surface area contributed by atoms with Crippen molar-refractivity contribution in [3.8, 4) is 0 Å². The number of hydrogen-bond acceptors (Lipinski definition) is 1. The maximum atomic E-state index is 3.22. The van der Waals surface area contributed by atoms with Gasteiger partial charge in [0.2, 0.25) is 0 Å². The second-order valence-corrected chi connectivity index (χ2v) is 5.59. The highest BCUT2D eigenvalue weighted by atomic mass is 14.8. The van der Waals surface area contributed by atoms with Gasteiger partial charge in [-0.3, -0.25) is 0 Å². The molecule has 0 saturated carbocycles. The molecule has 0 aliphatic heterocycles. The Morgan fingerprint density at radius 1 is 1.00 bits per heavy atom. The molecule has 0 heterocycles. The first kappa shape index (κ1) is 15.2. The molecule has 0 aromatic heterocycles. The normalized spacial score (nSPS) is 14.4. The molecule has 1 aromatic rings. The van der Waals surface area contributed by atoms with Crippen LogP contribution < -0.4 is 5.32 Å². The van der Waals surface area contributed by atoms with E-state index in [2.05, 4.69) is 49.5 Å². The molecule has 1 atom stereocenters. The van der Waals surface area contributed by atoms with Crippen molar-refractivity contribution < 1.29 is 0 Å². The van der Waals surface area contributed by atoms with Crippen molar-refractivity contribution in [1.82, 2.24) is 5.32 Å². The molecule has 0 aliphatic rings. The van der Waals surface area contributed by atoms with Crippen LogP contribution >= 0.6 is 0 Å². The molecule has 0 fully saturated rings. The fourth-order valence-corrected chi connectivity index (χ4v) is 2.80. The van der Waals surface area contributed by atoms with E-state index in [9.17, 15) is 0 Å². The van der Waals surface area contributed by atoms with Gasteiger partial charge < -0.3 is 5.32 Å². The number of benzene rings is 1. The van der Waals surface area contributed by atoms with Crippen LogP contribution in [0.25, 0.3) is 0 Å². The second kappa shape index (κ2) is 8.31. The Bertz CT molecular complexity index is 307. The van der Waals surface area contributed by atoms with Crippen molar-refractivity contribution in [3.05, 3.63) is 35.9 Å². The smallest absolute Gasteiger partial charge is 0.00519 e. The van der Waals surface area contributed by atoms with E-state index in [0.29, 0.717) is 5.41 Å². The van der Waals surface area contributed by atoms with Crippen LogP contribution in [0.1, 0.15) is 57.9 Å². The van der Waals surface area contributed by atoms with Gasteiger partial charge in [0.1, 0.15) is 0 Å². The number of rotatable bonds is 9. The van der Waals surface area contributed by atoms with Gasteiger partial charge in [0.15, 0.2) is 0 Å². The Balaban J connectivity index is 2.52. The third-order valence-corrected chi connectivity index (χ3v) is 3.93. The molecular formula is C17H29N. The van der Waals surface area contributed by atoms with Gasteiger partial charge in [-0.05, 0) is 43.8 Å². The lowest BCUT2D eigenvalue weighted by atomic mass is 9.75. The molecule has 1 nitrogen and oxygen atoms in total. The Morgan fingerprint density at radius 2 is 1.72 bits per heavy atom. The van der Waals surface area contributed by atoms with Gasteiger partial charge in [-0.25, -0.2) is 0 Å². The van der Waals surface area contributed by atoms with Crippen molar-refractivity contribution in [2.24, 2.45) is 0 Å². The maximum Gasteiger partial charge on any atom is -0.00519 e. The summed E-state index contributed by atoms with van der Waals surface area (Å²) in [7, 11) is 2.03. The standard InChI is InChI=1S/C17H29N/c1-4-13-17(2,14-9-6-10-15-18-3)16-11-7-5-8-12-16/h5,7-8,11-12,18H,4,6,9-10,13-15H2,1-3H3. The van der Waals surface area contributed by atoms with Crippen LogP contribution in [0.5, 0.6) is 0 Å². The third kappa shape index (κ3) is 4.81. The Morgan fingerprint density at radius 3 is 2.33 bits per heavy atom. The second-order valence-electron chi connectivity index (χ2n) is 5.59. The summed E-state index contributed by atoms with van der Waals surface area (Å²) in [5.74, 6) is 0. The van der Waals surface area contributed by atoms with Crippen LogP contribution in [0.2, 0.25) is 0 Å². The van der Waals surface area contributed by atoms with E-state index >= 15 is 0 Å². The van der Waals surface area contributed by atoms with E-state index in [1.165, 1.54) is 44.1 Å². The van der Waals surface area contributed by atoms with Crippen molar-refractivity contribution in [2.45, 2.75) is 57.8 Å². The van der Waals surface area contributed by atoms with Gasteiger partial charge in [-0.1, -0.05) is 63.4 Å². The van der Waals surface area contributed by atoms with Crippen LogP contribution in [-0.2, 0) is 5.41 Å². The first-order valence-electron chi connectivity index (χ1n) is 7.43. The van der Waals surface area contributed by atoms with Gasteiger partial charge >= 0.3 is 0 Å². The lowest BCUT2D eigenvalue weighted by molar-refractivity contribution is 0.377. The topological polar surface area (TPSA) is 12.0 Å². The molecule has 0 spiro atoms. The maximum absolute atomic E-state index is 3.22. The van der Waals surface area contributed by atoms with E-state index < -0.39 is 0 Å². The summed E-state index contributed by atoms with van der Waals surface area (Å²) >= 11 is 0. The fraction of sp³-hybridized carbons (Fsp3) is 0.647. The molecule has 1 heteroatoms. The van der Waals surface area contributed by atoms with Crippen molar-refractivity contribution in [1.29, 1.82) is 0 Å². The predicted octanol–water partition coefficient (Wildman–Crippen LogP) is 4.52. The molecule has 1 aromatic carbocycles. The lowest BCUT2D eigenvalue weighted by Gasteiger charge is -2.30. The van der Waals surface area contributed by atoms with Crippen LogP contribution in [0, 0.1) is 0 Å². The monoisotopic (exact) mass is 247 g/mol. The molecule has 18 heavy (non-hydrogen) atoms. The quantitative estimate of drug-likeness (QED) is 0.632. The van der Waals surface area contributed by atoms with Crippen LogP contribution in [0.15, 0.2) is 30.3 Å². The van der Waals surface area contributed by atoms with Crippen molar-refractivity contribution >= 4 is 0 Å². The summed E-state index contributed by atoms with van der Waals surface area (Å²) < 4.78 is 0. The molecule has 1 rings (SSSR count). The van der Waals surface area contributed by atoms with Crippen molar-refractivity contribution in [2.75, 3.05) is 13.6 Å². The zero-order valence-corrected chi connectivity index (χ0v) is 12.3. The molecule has 0 amide bonds. The summed E-state index contributed by atoms with van der Waals surface area (Å²) in [6.07, 6.45) is 7.85. The SMILES string of the molecule is CCCC(C)(CCCCCNC)c1ccccc1. The summed E-state index contributed by atoms with van der Waals surface area (Å²) in [5, 5.41) is 3.22. The van der Waals surface area contributed by atoms with E-state index in [0.717, 1.165) is 6.54 Å². The van der Waals surface area contributed by atoms with Gasteiger partial charge in [0.05, 0.1) is 0 Å². The minimum absolute atomic E-state index is 0.371. The highest BCUT2D eigenvalue weighted by Gasteiger charge is 2.24. The largest absolute Gasteiger partial charge is 0.320 e. The molecule has 1 N–H and O–H groups in total. The Hall–Kier alpha value is -0.820. The molecular weight excluding hydrogens is 218 g/mol. The van der Waals surface area contributed by atoms with E-state index in [-0.39, 0.29) is 0 Å². The first-order valence-corrected chi connectivity index (χ1v) is 7.43. The summed E-state index contributed by atoms with van der Waals surface area (Å²) in [6.45, 7) is 5.88. The van der Waals surface area contributed by atoms with E-state index in [1.54, 1.807) is 0 Å². The summed E-state index contributed by atoms with van der Waals surface area (Å²) in [5.41, 5.74) is 1.89. The highest BCUT2D eigenvalue weighted by molar-refractivity contribution is 5.24. The predicted molar refractivity (Wildman–Crippen MR) is 81.1 cm³/mol. The minimum atomic E-state index is 0.371. The van der Waals surface area contributed by atoms with Crippen molar-refractivity contribution in [3.63, 3.8) is 0 Å². The Labute approximate surface area is 113 Å². The number of unbranched alkanes of at least 4 members (excludes halogenated alkanes) is 2. The Kier molecular flexibility index (Phi) is 7.04. The van der Waals surface area contributed by atoms with Gasteiger partial charge in [-0.2, -0.15) is 0 Å². The molecule has 0 saturated heterocycles. The minimum Gasteiger partial charge on any atom is -0.320 e. The number of hydrogen-bond donors (Lipinski definition) is 1. The first-order chi connectivity index (χ1) is 8.73. The number of nitrogens with one attached hydrogen (secondary N) is 1. The molecule has 0 radical (unpaired) electrons. The van der Waals surface area contributed by atoms with Crippen LogP contribution in [-0.4, -0.2) is 13.6 Å². The zero-order valence-electron chi connectivity index (χ0n) is 12.3. The van der Waals surface area contributed by atoms with Gasteiger partial charge in [0, 0.05) is 0 Å². The zero-order chi connectivity index (χ0) is 13.3. The summed E-state index contributed by atoms with van der Waals surface area (Å²) in [4.78, 5) is 0. The molecule has 102 valence electrons. The van der Waals surface area contributed by atoms with E-state index in [4.69, 9.17) is 0 Å². The lowest BCUT2D eigenvalue weighted by Crippen LogP contribution is -2.21. The van der Waals surface area contributed by atoms with E-state index in [1.807, 2.05) is 7.05 Å². The average Bonchev–Trinajstić information content (AvgIpc) is 2.40. The van der Waals surface area contributed by atoms with Crippen LogP contribution in [0.3, 0.4) is 0 Å². The van der Waals surface area contributed by atoms with Crippen LogP contribution in [0.4, 0.5) is 0 Å². The fourth-order valence-electron chi connectivity index (χ4n) is 2.80. The summed E-state index contributed by atoms with van der Waals surface area (Å²) in [6, 6.07) is 11.0. The molecule has 0 aliphatic carbocycles. The molecule has 1 unspecified atom stereocenters.